The van der Waals surface area contributed by atoms with Crippen molar-refractivity contribution < 1.29 is 0 Å². The Morgan fingerprint density at radius 1 is 1.00 bits per heavy atom. The smallest absolute Gasteiger partial charge is 0.145 e. The highest BCUT2D eigenvalue weighted by atomic mass is 15.1. The molecule has 0 unspecified atom stereocenters. The van der Waals surface area contributed by atoms with E-state index in [0.29, 0.717) is 0 Å². The first-order valence-electron chi connectivity index (χ1n) is 6.85. The van der Waals surface area contributed by atoms with E-state index >= 15 is 0 Å². The third-order valence-corrected chi connectivity index (χ3v) is 2.96. The van der Waals surface area contributed by atoms with Crippen molar-refractivity contribution in [2.24, 2.45) is 0 Å². The summed E-state index contributed by atoms with van der Waals surface area (Å²) in [5, 5.41) is 4.50. The van der Waals surface area contributed by atoms with Crippen LogP contribution in [0.5, 0.6) is 0 Å². The van der Waals surface area contributed by atoms with Crippen molar-refractivity contribution in [3.05, 3.63) is 30.1 Å². The van der Waals surface area contributed by atoms with Gasteiger partial charge in [-0.2, -0.15) is 0 Å². The molecule has 108 valence electrons. The van der Waals surface area contributed by atoms with Crippen molar-refractivity contribution in [2.45, 2.75) is 6.54 Å². The Bertz CT molecular complexity index is 565. The predicted molar refractivity (Wildman–Crippen MR) is 84.0 cm³/mol. The third kappa shape index (κ3) is 3.88. The van der Waals surface area contributed by atoms with E-state index in [1.807, 2.05) is 32.3 Å². The summed E-state index contributed by atoms with van der Waals surface area (Å²) >= 11 is 0. The third-order valence-electron chi connectivity index (χ3n) is 2.96. The van der Waals surface area contributed by atoms with E-state index in [0.717, 1.165) is 42.2 Å². The van der Waals surface area contributed by atoms with E-state index in [4.69, 9.17) is 0 Å². The molecule has 0 aliphatic heterocycles. The van der Waals surface area contributed by atoms with Crippen LogP contribution in [0.1, 0.15) is 5.82 Å². The number of nitrogens with one attached hydrogen (secondary N) is 1. The number of hydrogen-bond donors (Lipinski definition) is 1. The first-order chi connectivity index (χ1) is 9.56. The Morgan fingerprint density at radius 2 is 1.75 bits per heavy atom. The van der Waals surface area contributed by atoms with Gasteiger partial charge in [-0.25, -0.2) is 9.97 Å². The molecule has 0 saturated heterocycles. The fraction of sp³-hybridized carbons (Fsp3) is 0.467. The molecule has 0 radical (unpaired) electrons. The van der Waals surface area contributed by atoms with Gasteiger partial charge in [-0.15, -0.1) is 0 Å². The Morgan fingerprint density at radius 3 is 2.45 bits per heavy atom. The molecule has 0 aliphatic carbocycles. The maximum atomic E-state index is 4.66. The van der Waals surface area contributed by atoms with Crippen LogP contribution < -0.4 is 5.32 Å². The van der Waals surface area contributed by atoms with E-state index in [1.54, 1.807) is 0 Å². The number of nitrogens with zero attached hydrogens (tertiary/aromatic N) is 4. The van der Waals surface area contributed by atoms with Gasteiger partial charge in [0.25, 0.3) is 0 Å². The number of rotatable bonds is 6. The minimum atomic E-state index is 0.743. The normalized spacial score (nSPS) is 11.5. The maximum absolute atomic E-state index is 4.66. The number of anilines is 1. The van der Waals surface area contributed by atoms with Gasteiger partial charge in [0, 0.05) is 18.5 Å². The van der Waals surface area contributed by atoms with Gasteiger partial charge in [-0.1, -0.05) is 12.1 Å². The summed E-state index contributed by atoms with van der Waals surface area (Å²) in [5.41, 5.74) is 0.992. The number of para-hydroxylation sites is 1. The first kappa shape index (κ1) is 14.7. The van der Waals surface area contributed by atoms with Crippen LogP contribution in [0.15, 0.2) is 24.3 Å². The van der Waals surface area contributed by atoms with Gasteiger partial charge in [0.1, 0.15) is 11.6 Å². The Balaban J connectivity index is 2.29. The van der Waals surface area contributed by atoms with Gasteiger partial charge in [-0.3, -0.25) is 0 Å². The van der Waals surface area contributed by atoms with Crippen molar-refractivity contribution in [3.8, 4) is 0 Å². The lowest BCUT2D eigenvalue weighted by molar-refractivity contribution is 0.391. The summed E-state index contributed by atoms with van der Waals surface area (Å²) in [6, 6.07) is 8.13. The minimum absolute atomic E-state index is 0.743. The lowest BCUT2D eigenvalue weighted by Crippen LogP contribution is -2.22. The van der Waals surface area contributed by atoms with Gasteiger partial charge in [-0.05, 0) is 40.3 Å². The van der Waals surface area contributed by atoms with Gasteiger partial charge in [0.2, 0.25) is 0 Å². The van der Waals surface area contributed by atoms with Gasteiger partial charge < -0.3 is 15.1 Å². The first-order valence-corrected chi connectivity index (χ1v) is 6.85. The zero-order valence-corrected chi connectivity index (χ0v) is 12.7. The van der Waals surface area contributed by atoms with Crippen LogP contribution in [0.4, 0.5) is 5.82 Å². The topological polar surface area (TPSA) is 44.3 Å². The summed E-state index contributed by atoms with van der Waals surface area (Å²) in [5.74, 6) is 1.77. The van der Waals surface area contributed by atoms with Gasteiger partial charge in [0.15, 0.2) is 0 Å². The lowest BCUT2D eigenvalue weighted by Gasteiger charge is -2.14. The second kappa shape index (κ2) is 6.63. The maximum Gasteiger partial charge on any atom is 0.145 e. The molecular formula is C15H23N5. The molecule has 2 aromatic rings. The number of hydrogen-bond acceptors (Lipinski definition) is 5. The Kier molecular flexibility index (Phi) is 4.87. The van der Waals surface area contributed by atoms with Crippen LogP contribution in [0.3, 0.4) is 0 Å². The zero-order chi connectivity index (χ0) is 14.5. The number of fused-ring (bicyclic) bond motifs is 1. The van der Waals surface area contributed by atoms with E-state index in [9.17, 15) is 0 Å². The fourth-order valence-electron chi connectivity index (χ4n) is 2.01. The second-order valence-electron chi connectivity index (χ2n) is 5.47. The summed E-state index contributed by atoms with van der Waals surface area (Å²) in [7, 11) is 8.18. The average Bonchev–Trinajstić information content (AvgIpc) is 2.37. The Hall–Kier alpha value is -1.72. The highest BCUT2D eigenvalue weighted by Gasteiger charge is 2.07. The average molecular weight is 273 g/mol. The summed E-state index contributed by atoms with van der Waals surface area (Å²) < 4.78 is 0. The van der Waals surface area contributed by atoms with Gasteiger partial charge >= 0.3 is 0 Å². The zero-order valence-electron chi connectivity index (χ0n) is 12.7. The number of likely N-dealkylation sites (N-methyl/N-ethyl adjacent to an activating group) is 1. The molecule has 0 fully saturated rings. The molecule has 0 saturated carbocycles. The van der Waals surface area contributed by atoms with Crippen molar-refractivity contribution in [2.75, 3.05) is 46.6 Å². The number of benzene rings is 1. The fourth-order valence-corrected chi connectivity index (χ4v) is 2.01. The predicted octanol–water partition coefficient (Wildman–Crippen LogP) is 1.66. The second-order valence-corrected chi connectivity index (χ2v) is 5.47. The monoisotopic (exact) mass is 273 g/mol. The van der Waals surface area contributed by atoms with Crippen LogP contribution in [0.2, 0.25) is 0 Å². The molecule has 5 heteroatoms. The standard InChI is InChI=1S/C15H23N5/c1-19(2)10-9-16-15-12-7-5-6-8-13(12)17-14(18-15)11-20(3)4/h5-8H,9-11H2,1-4H3,(H,16,17,18). The van der Waals surface area contributed by atoms with Crippen molar-refractivity contribution >= 4 is 16.7 Å². The molecular weight excluding hydrogens is 250 g/mol. The molecule has 20 heavy (non-hydrogen) atoms. The van der Waals surface area contributed by atoms with Crippen molar-refractivity contribution in [1.82, 2.24) is 19.8 Å². The highest BCUT2D eigenvalue weighted by molar-refractivity contribution is 5.88. The summed E-state index contributed by atoms with van der Waals surface area (Å²) in [6.07, 6.45) is 0. The molecule has 1 aromatic carbocycles. The van der Waals surface area contributed by atoms with E-state index < -0.39 is 0 Å². The Labute approximate surface area is 120 Å². The molecule has 0 bridgehead atoms. The minimum Gasteiger partial charge on any atom is -0.368 e. The SMILES string of the molecule is CN(C)CCNc1nc(CN(C)C)nc2ccccc12. The van der Waals surface area contributed by atoms with E-state index in [-0.39, 0.29) is 0 Å². The van der Waals surface area contributed by atoms with Crippen LogP contribution in [-0.2, 0) is 6.54 Å². The van der Waals surface area contributed by atoms with Gasteiger partial charge in [0.05, 0.1) is 12.1 Å². The number of aromatic nitrogens is 2. The lowest BCUT2D eigenvalue weighted by atomic mass is 10.2. The summed E-state index contributed by atoms with van der Waals surface area (Å²) in [6.45, 7) is 2.59. The molecule has 0 aliphatic rings. The summed E-state index contributed by atoms with van der Waals surface area (Å²) in [4.78, 5) is 13.5. The van der Waals surface area contributed by atoms with E-state index in [2.05, 4.69) is 45.2 Å². The molecule has 2 rings (SSSR count). The quantitative estimate of drug-likeness (QED) is 0.867. The molecule has 1 N–H and O–H groups in total. The van der Waals surface area contributed by atoms with Crippen LogP contribution in [-0.4, -0.2) is 61.0 Å². The van der Waals surface area contributed by atoms with Crippen LogP contribution in [0.25, 0.3) is 10.9 Å². The van der Waals surface area contributed by atoms with Crippen LogP contribution >= 0.6 is 0 Å². The molecule has 0 amide bonds. The van der Waals surface area contributed by atoms with Crippen LogP contribution in [0, 0.1) is 0 Å². The highest BCUT2D eigenvalue weighted by Crippen LogP contribution is 2.20. The van der Waals surface area contributed by atoms with Crippen molar-refractivity contribution in [1.29, 1.82) is 0 Å². The van der Waals surface area contributed by atoms with E-state index in [1.165, 1.54) is 0 Å². The molecule has 1 heterocycles. The molecule has 0 spiro atoms. The molecule has 5 nitrogen and oxygen atoms in total. The molecule has 1 aromatic heterocycles. The molecule has 0 atom stereocenters. The largest absolute Gasteiger partial charge is 0.368 e. The van der Waals surface area contributed by atoms with Crippen molar-refractivity contribution in [3.63, 3.8) is 0 Å².